The second-order valence-electron chi connectivity index (χ2n) is 7.64. The highest BCUT2D eigenvalue weighted by atomic mass is 19.2. The lowest BCUT2D eigenvalue weighted by Crippen LogP contribution is -2.38. The van der Waals surface area contributed by atoms with Crippen molar-refractivity contribution in [2.75, 3.05) is 6.54 Å². The zero-order valence-electron chi connectivity index (χ0n) is 16.8. The predicted molar refractivity (Wildman–Crippen MR) is 108 cm³/mol. The Morgan fingerprint density at radius 3 is 2.71 bits per heavy atom. The normalized spacial score (nSPS) is 16.0. The summed E-state index contributed by atoms with van der Waals surface area (Å²) in [5, 5.41) is 5.27. The van der Waals surface area contributed by atoms with Gasteiger partial charge in [-0.3, -0.25) is 14.5 Å². The fourth-order valence-electron chi connectivity index (χ4n) is 4.37. The molecule has 31 heavy (non-hydrogen) atoms. The van der Waals surface area contributed by atoms with E-state index < -0.39 is 17.5 Å². The third-order valence-corrected chi connectivity index (χ3v) is 5.87. The van der Waals surface area contributed by atoms with Crippen LogP contribution < -0.4 is 0 Å². The third-order valence-electron chi connectivity index (χ3n) is 5.87. The number of nitrogens with zero attached hydrogens (tertiary/aromatic N) is 4. The molecule has 4 heterocycles. The first-order valence-corrected chi connectivity index (χ1v) is 9.79. The smallest absolute Gasteiger partial charge is 0.256 e. The summed E-state index contributed by atoms with van der Waals surface area (Å²) in [6.45, 7) is 2.27. The maximum absolute atomic E-state index is 13.8. The Kier molecular flexibility index (Phi) is 4.35. The van der Waals surface area contributed by atoms with Crippen LogP contribution in [0.5, 0.6) is 0 Å². The van der Waals surface area contributed by atoms with Crippen LogP contribution in [0.2, 0.25) is 0 Å². The summed E-state index contributed by atoms with van der Waals surface area (Å²) in [7, 11) is 1.66. The highest BCUT2D eigenvalue weighted by Gasteiger charge is 2.34. The Hall–Kier alpha value is -3.62. The molecule has 0 aliphatic carbocycles. The maximum atomic E-state index is 13.8. The summed E-state index contributed by atoms with van der Waals surface area (Å²) >= 11 is 0. The van der Waals surface area contributed by atoms with Crippen molar-refractivity contribution in [3.8, 4) is 11.3 Å². The van der Waals surface area contributed by atoms with Crippen LogP contribution in [0, 0.1) is 17.5 Å². The summed E-state index contributed by atoms with van der Waals surface area (Å²) in [5.41, 5.74) is 3.53. The van der Waals surface area contributed by atoms with E-state index in [1.165, 1.54) is 4.68 Å². The van der Waals surface area contributed by atoms with Gasteiger partial charge < -0.3 is 9.88 Å². The Labute approximate surface area is 175 Å². The fourth-order valence-corrected chi connectivity index (χ4v) is 4.37. The zero-order chi connectivity index (χ0) is 21.9. The minimum atomic E-state index is -1.50. The number of halogens is 3. The maximum Gasteiger partial charge on any atom is 0.256 e. The second-order valence-corrected chi connectivity index (χ2v) is 7.64. The van der Waals surface area contributed by atoms with Crippen molar-refractivity contribution in [2.24, 2.45) is 7.05 Å². The lowest BCUT2D eigenvalue weighted by molar-refractivity contribution is 0.0675. The number of H-pyrrole nitrogens is 1. The Morgan fingerprint density at radius 1 is 1.23 bits per heavy atom. The van der Waals surface area contributed by atoms with Crippen molar-refractivity contribution in [1.29, 1.82) is 0 Å². The number of benzene rings is 1. The van der Waals surface area contributed by atoms with Crippen LogP contribution in [0.25, 0.3) is 22.2 Å². The van der Waals surface area contributed by atoms with Crippen LogP contribution in [0.3, 0.4) is 0 Å². The van der Waals surface area contributed by atoms with Crippen LogP contribution in [0.15, 0.2) is 36.8 Å². The summed E-state index contributed by atoms with van der Waals surface area (Å²) < 4.78 is 42.6. The molecular weight excluding hydrogens is 407 g/mol. The van der Waals surface area contributed by atoms with Gasteiger partial charge in [-0.05, 0) is 31.5 Å². The Balaban J connectivity index is 1.53. The van der Waals surface area contributed by atoms with E-state index in [1.807, 2.05) is 6.92 Å². The minimum absolute atomic E-state index is 0.150. The summed E-state index contributed by atoms with van der Waals surface area (Å²) in [6.07, 6.45) is 5.43. The highest BCUT2D eigenvalue weighted by molar-refractivity contribution is 6.06. The molecule has 0 bridgehead atoms. The van der Waals surface area contributed by atoms with Crippen molar-refractivity contribution in [3.63, 3.8) is 0 Å². The molecule has 6 nitrogen and oxygen atoms in total. The van der Waals surface area contributed by atoms with Gasteiger partial charge in [-0.2, -0.15) is 5.10 Å². The molecule has 0 saturated heterocycles. The molecule has 1 atom stereocenters. The quantitative estimate of drug-likeness (QED) is 0.491. The molecule has 0 saturated carbocycles. The van der Waals surface area contributed by atoms with E-state index in [4.69, 9.17) is 0 Å². The lowest BCUT2D eigenvalue weighted by Gasteiger charge is -2.33. The second kappa shape index (κ2) is 6.97. The number of amides is 1. The van der Waals surface area contributed by atoms with Gasteiger partial charge in [0.1, 0.15) is 0 Å². The number of aromatic amines is 1. The van der Waals surface area contributed by atoms with Gasteiger partial charge in [0.25, 0.3) is 5.91 Å². The number of hydrogen-bond donors (Lipinski definition) is 1. The zero-order valence-corrected chi connectivity index (χ0v) is 16.8. The predicted octanol–water partition coefficient (Wildman–Crippen LogP) is 4.14. The largest absolute Gasteiger partial charge is 0.360 e. The van der Waals surface area contributed by atoms with E-state index in [-0.39, 0.29) is 17.5 Å². The molecule has 1 amide bonds. The number of pyridine rings is 1. The summed E-state index contributed by atoms with van der Waals surface area (Å²) in [5.74, 6) is -4.15. The van der Waals surface area contributed by atoms with E-state index in [9.17, 15) is 18.0 Å². The standard InChI is InChI=1S/C22H18F3N5O/c1-11-20-13(21(29(2)28-20)12-7-16(23)19(25)17(24)8-12)4-6-30(11)22(31)15-10-27-18-3-5-26-9-14(15)18/h3,5,7-11,27H,4,6H2,1-2H3/t11-/m0/s1. The average molecular weight is 425 g/mol. The summed E-state index contributed by atoms with van der Waals surface area (Å²) in [4.78, 5) is 22.2. The van der Waals surface area contributed by atoms with E-state index in [0.717, 1.165) is 28.6 Å². The van der Waals surface area contributed by atoms with Gasteiger partial charge in [-0.25, -0.2) is 13.2 Å². The topological polar surface area (TPSA) is 66.8 Å². The molecule has 0 fully saturated rings. The number of nitrogens with one attached hydrogen (secondary N) is 1. The van der Waals surface area contributed by atoms with Crippen molar-refractivity contribution >= 4 is 16.8 Å². The molecule has 1 aliphatic heterocycles. The van der Waals surface area contributed by atoms with Crippen LogP contribution in [0.4, 0.5) is 13.2 Å². The molecule has 0 spiro atoms. The summed E-state index contributed by atoms with van der Waals surface area (Å²) in [6, 6.07) is 3.39. The molecule has 1 N–H and O–H groups in total. The Bertz CT molecular complexity index is 1320. The molecule has 0 unspecified atom stereocenters. The Morgan fingerprint density at radius 2 is 1.97 bits per heavy atom. The first-order valence-electron chi connectivity index (χ1n) is 9.79. The fraction of sp³-hybridized carbons (Fsp3) is 0.227. The SMILES string of the molecule is C[C@H]1c2nn(C)c(-c3cc(F)c(F)c(F)c3)c2CCN1C(=O)c1c[nH]c2ccncc12. The monoisotopic (exact) mass is 425 g/mol. The molecule has 4 aromatic rings. The van der Waals surface area contributed by atoms with Crippen LogP contribution in [-0.2, 0) is 13.5 Å². The number of carbonyl (C=O) groups excluding carboxylic acids is 1. The van der Waals surface area contributed by atoms with E-state index in [1.54, 1.807) is 36.6 Å². The van der Waals surface area contributed by atoms with Gasteiger partial charge in [0, 0.05) is 54.2 Å². The van der Waals surface area contributed by atoms with Crippen molar-refractivity contribution in [3.05, 3.63) is 71.1 Å². The van der Waals surface area contributed by atoms with Crippen LogP contribution >= 0.6 is 0 Å². The first-order chi connectivity index (χ1) is 14.9. The van der Waals surface area contributed by atoms with Gasteiger partial charge in [-0.15, -0.1) is 0 Å². The molecule has 9 heteroatoms. The molecule has 3 aromatic heterocycles. The molecule has 5 rings (SSSR count). The van der Waals surface area contributed by atoms with Gasteiger partial charge >= 0.3 is 0 Å². The molecular formula is C22H18F3N5O. The number of aryl methyl sites for hydroxylation is 1. The number of carbonyl (C=O) groups is 1. The first kappa shape index (κ1) is 19.3. The van der Waals surface area contributed by atoms with Gasteiger partial charge in [0.2, 0.25) is 0 Å². The molecule has 1 aromatic carbocycles. The van der Waals surface area contributed by atoms with E-state index in [0.29, 0.717) is 29.9 Å². The third kappa shape index (κ3) is 2.91. The lowest BCUT2D eigenvalue weighted by atomic mass is 9.95. The number of aromatic nitrogens is 4. The van der Waals surface area contributed by atoms with Gasteiger partial charge in [0.15, 0.2) is 17.5 Å². The van der Waals surface area contributed by atoms with Crippen molar-refractivity contribution in [2.45, 2.75) is 19.4 Å². The van der Waals surface area contributed by atoms with Crippen LogP contribution in [0.1, 0.15) is 34.6 Å². The van der Waals surface area contributed by atoms with Crippen molar-refractivity contribution in [1.82, 2.24) is 24.6 Å². The number of hydrogen-bond acceptors (Lipinski definition) is 3. The van der Waals surface area contributed by atoms with E-state index in [2.05, 4.69) is 15.1 Å². The molecule has 158 valence electrons. The van der Waals surface area contributed by atoms with E-state index >= 15 is 0 Å². The number of rotatable bonds is 2. The van der Waals surface area contributed by atoms with Gasteiger partial charge in [0.05, 0.1) is 23.0 Å². The number of fused-ring (bicyclic) bond motifs is 2. The minimum Gasteiger partial charge on any atom is -0.360 e. The van der Waals surface area contributed by atoms with Gasteiger partial charge in [-0.1, -0.05) is 0 Å². The van der Waals surface area contributed by atoms with Crippen molar-refractivity contribution < 1.29 is 18.0 Å². The highest BCUT2D eigenvalue weighted by Crippen LogP contribution is 2.37. The molecule has 1 aliphatic rings. The average Bonchev–Trinajstić information content (AvgIpc) is 3.32. The molecule has 0 radical (unpaired) electrons. The van der Waals surface area contributed by atoms with Crippen LogP contribution in [-0.4, -0.2) is 37.1 Å².